The first-order valence-electron chi connectivity index (χ1n) is 5.62. The molecule has 0 aliphatic rings. The van der Waals surface area contributed by atoms with Crippen molar-refractivity contribution in [3.05, 3.63) is 33.8 Å². The van der Waals surface area contributed by atoms with E-state index in [4.69, 9.17) is 0 Å². The van der Waals surface area contributed by atoms with Gasteiger partial charge in [0.25, 0.3) is 0 Å². The van der Waals surface area contributed by atoms with Gasteiger partial charge in [-0.2, -0.15) is 0 Å². The van der Waals surface area contributed by atoms with Gasteiger partial charge in [-0.25, -0.2) is 0 Å². The first kappa shape index (κ1) is 12.7. The lowest BCUT2D eigenvalue weighted by Gasteiger charge is -2.13. The average Bonchev–Trinajstić information content (AvgIpc) is 2.20. The van der Waals surface area contributed by atoms with Crippen LogP contribution in [-0.4, -0.2) is 6.04 Å². The normalized spacial score (nSPS) is 12.8. The van der Waals surface area contributed by atoms with Crippen molar-refractivity contribution in [1.82, 2.24) is 5.32 Å². The summed E-state index contributed by atoms with van der Waals surface area (Å²) in [5.41, 5.74) is 2.66. The number of rotatable bonds is 5. The molecule has 0 aliphatic carbocycles. The quantitative estimate of drug-likeness (QED) is 0.851. The predicted octanol–water partition coefficient (Wildman–Crippen LogP) is 4.04. The van der Waals surface area contributed by atoms with E-state index in [1.807, 2.05) is 0 Å². The highest BCUT2D eigenvalue weighted by Gasteiger charge is 2.01. The lowest BCUT2D eigenvalue weighted by atomic mass is 10.1. The van der Waals surface area contributed by atoms with Gasteiger partial charge in [0, 0.05) is 17.1 Å². The van der Waals surface area contributed by atoms with Crippen LogP contribution in [0.3, 0.4) is 0 Å². The van der Waals surface area contributed by atoms with Crippen LogP contribution in [0.25, 0.3) is 0 Å². The van der Waals surface area contributed by atoms with Gasteiger partial charge in [-0.1, -0.05) is 41.4 Å². The third-order valence-corrected chi connectivity index (χ3v) is 3.49. The molecule has 2 heteroatoms. The van der Waals surface area contributed by atoms with Gasteiger partial charge in [0.15, 0.2) is 0 Å². The molecule has 1 unspecified atom stereocenters. The molecule has 1 rings (SSSR count). The van der Waals surface area contributed by atoms with Gasteiger partial charge in [-0.15, -0.1) is 0 Å². The largest absolute Gasteiger partial charge is 0.310 e. The lowest BCUT2D eigenvalue weighted by Crippen LogP contribution is -2.25. The standard InChI is InChI=1S/C13H20BrN/c1-4-5-11(3)15-9-12-6-7-13(14)10(2)8-12/h6-8,11,15H,4-5,9H2,1-3H3. The fourth-order valence-electron chi connectivity index (χ4n) is 1.64. The lowest BCUT2D eigenvalue weighted by molar-refractivity contribution is 0.508. The van der Waals surface area contributed by atoms with E-state index in [1.54, 1.807) is 0 Å². The highest BCUT2D eigenvalue weighted by atomic mass is 79.9. The van der Waals surface area contributed by atoms with E-state index >= 15 is 0 Å². The van der Waals surface area contributed by atoms with Crippen molar-refractivity contribution in [3.63, 3.8) is 0 Å². The number of nitrogens with one attached hydrogen (secondary N) is 1. The van der Waals surface area contributed by atoms with Crippen LogP contribution in [0, 0.1) is 6.92 Å². The van der Waals surface area contributed by atoms with E-state index in [9.17, 15) is 0 Å². The van der Waals surface area contributed by atoms with Crippen molar-refractivity contribution in [2.45, 2.75) is 46.2 Å². The molecule has 15 heavy (non-hydrogen) atoms. The van der Waals surface area contributed by atoms with Gasteiger partial charge >= 0.3 is 0 Å². The summed E-state index contributed by atoms with van der Waals surface area (Å²) in [5.74, 6) is 0. The number of aryl methyl sites for hydroxylation is 1. The zero-order valence-corrected chi connectivity index (χ0v) is 11.4. The molecule has 0 aromatic heterocycles. The molecular weight excluding hydrogens is 250 g/mol. The summed E-state index contributed by atoms with van der Waals surface area (Å²) in [6, 6.07) is 7.13. The second kappa shape index (κ2) is 6.29. The number of hydrogen-bond donors (Lipinski definition) is 1. The van der Waals surface area contributed by atoms with E-state index < -0.39 is 0 Å². The molecule has 0 bridgehead atoms. The Kier molecular flexibility index (Phi) is 5.34. The molecule has 0 saturated carbocycles. The SMILES string of the molecule is CCCC(C)NCc1ccc(Br)c(C)c1. The van der Waals surface area contributed by atoms with Gasteiger partial charge in [-0.3, -0.25) is 0 Å². The van der Waals surface area contributed by atoms with Gasteiger partial charge in [0.2, 0.25) is 0 Å². The van der Waals surface area contributed by atoms with Gasteiger partial charge in [0.1, 0.15) is 0 Å². The topological polar surface area (TPSA) is 12.0 Å². The van der Waals surface area contributed by atoms with Crippen LogP contribution in [0.15, 0.2) is 22.7 Å². The fraction of sp³-hybridized carbons (Fsp3) is 0.538. The van der Waals surface area contributed by atoms with Crippen LogP contribution in [0.5, 0.6) is 0 Å². The van der Waals surface area contributed by atoms with Crippen molar-refractivity contribution in [3.8, 4) is 0 Å². The Morgan fingerprint density at radius 2 is 2.13 bits per heavy atom. The molecule has 1 atom stereocenters. The van der Waals surface area contributed by atoms with E-state index in [0.29, 0.717) is 6.04 Å². The molecule has 0 heterocycles. The van der Waals surface area contributed by atoms with E-state index in [2.05, 4.69) is 60.2 Å². The van der Waals surface area contributed by atoms with Gasteiger partial charge in [0.05, 0.1) is 0 Å². The summed E-state index contributed by atoms with van der Waals surface area (Å²) in [4.78, 5) is 0. The van der Waals surface area contributed by atoms with Crippen LogP contribution >= 0.6 is 15.9 Å². The molecule has 1 aromatic carbocycles. The molecule has 1 nitrogen and oxygen atoms in total. The molecule has 1 aromatic rings. The highest BCUT2D eigenvalue weighted by molar-refractivity contribution is 9.10. The zero-order chi connectivity index (χ0) is 11.3. The summed E-state index contributed by atoms with van der Waals surface area (Å²) in [5, 5.41) is 3.53. The molecule has 0 spiro atoms. The van der Waals surface area contributed by atoms with Crippen LogP contribution in [0.4, 0.5) is 0 Å². The Hall–Kier alpha value is -0.340. The minimum Gasteiger partial charge on any atom is -0.310 e. The first-order chi connectivity index (χ1) is 7.13. The summed E-state index contributed by atoms with van der Waals surface area (Å²) in [6.07, 6.45) is 2.49. The van der Waals surface area contributed by atoms with E-state index in [0.717, 1.165) is 6.54 Å². The minimum atomic E-state index is 0.610. The Labute approximate surface area is 101 Å². The summed E-state index contributed by atoms with van der Waals surface area (Å²) < 4.78 is 1.19. The molecule has 0 amide bonds. The maximum atomic E-state index is 3.53. The van der Waals surface area contributed by atoms with Crippen LogP contribution in [0.2, 0.25) is 0 Å². The smallest absolute Gasteiger partial charge is 0.0208 e. The van der Waals surface area contributed by atoms with Gasteiger partial charge < -0.3 is 5.32 Å². The van der Waals surface area contributed by atoms with Crippen molar-refractivity contribution >= 4 is 15.9 Å². The maximum Gasteiger partial charge on any atom is 0.0208 e. The van der Waals surface area contributed by atoms with E-state index in [-0.39, 0.29) is 0 Å². The monoisotopic (exact) mass is 269 g/mol. The van der Waals surface area contributed by atoms with E-state index in [1.165, 1.54) is 28.4 Å². The Balaban J connectivity index is 2.47. The predicted molar refractivity (Wildman–Crippen MR) is 70.1 cm³/mol. The first-order valence-corrected chi connectivity index (χ1v) is 6.41. The molecular formula is C13H20BrN. The van der Waals surface area contributed by atoms with Gasteiger partial charge in [-0.05, 0) is 37.5 Å². The molecule has 0 aliphatic heterocycles. The number of hydrogen-bond acceptors (Lipinski definition) is 1. The third kappa shape index (κ3) is 4.35. The molecule has 1 N–H and O–H groups in total. The highest BCUT2D eigenvalue weighted by Crippen LogP contribution is 2.17. The maximum absolute atomic E-state index is 3.53. The fourth-order valence-corrected chi connectivity index (χ4v) is 1.89. The second-order valence-electron chi connectivity index (χ2n) is 4.15. The van der Waals surface area contributed by atoms with Crippen LogP contribution in [0.1, 0.15) is 37.8 Å². The summed E-state index contributed by atoms with van der Waals surface area (Å²) >= 11 is 3.51. The molecule has 84 valence electrons. The number of halogens is 1. The van der Waals surface area contributed by atoms with Crippen molar-refractivity contribution in [2.75, 3.05) is 0 Å². The molecule has 0 fully saturated rings. The average molecular weight is 270 g/mol. The number of benzene rings is 1. The second-order valence-corrected chi connectivity index (χ2v) is 5.01. The van der Waals surface area contributed by atoms with Crippen molar-refractivity contribution < 1.29 is 0 Å². The molecule has 0 radical (unpaired) electrons. The Morgan fingerprint density at radius 1 is 1.40 bits per heavy atom. The minimum absolute atomic E-state index is 0.610. The molecule has 0 saturated heterocycles. The van der Waals surface area contributed by atoms with Crippen LogP contribution < -0.4 is 5.32 Å². The summed E-state index contributed by atoms with van der Waals surface area (Å²) in [6.45, 7) is 7.56. The van der Waals surface area contributed by atoms with Crippen molar-refractivity contribution in [2.24, 2.45) is 0 Å². The Morgan fingerprint density at radius 3 is 2.73 bits per heavy atom. The summed E-state index contributed by atoms with van der Waals surface area (Å²) in [7, 11) is 0. The third-order valence-electron chi connectivity index (χ3n) is 2.60. The Bertz CT molecular complexity index is 309. The van der Waals surface area contributed by atoms with Crippen LogP contribution in [-0.2, 0) is 6.54 Å². The zero-order valence-electron chi connectivity index (χ0n) is 9.81. The van der Waals surface area contributed by atoms with Crippen molar-refractivity contribution in [1.29, 1.82) is 0 Å².